The molecule has 50 valence electrons. The Morgan fingerprint density at radius 2 is 2.33 bits per heavy atom. The van der Waals surface area contributed by atoms with E-state index < -0.39 is 0 Å². The molecule has 1 nitrogen and oxygen atoms in total. The average Bonchev–Trinajstić information content (AvgIpc) is 2.64. The molecule has 0 bridgehead atoms. The molecular formula is C6H8OS2. The van der Waals surface area contributed by atoms with Crippen LogP contribution in [0.3, 0.4) is 0 Å². The Morgan fingerprint density at radius 3 is 3.11 bits per heavy atom. The molecule has 3 rings (SSSR count). The standard InChI is InChI=1S/C6H8OS2/c7-9-4-2-1-3-5(8-3)6(4)9/h3-6H,1-2H2. The lowest BCUT2D eigenvalue weighted by Crippen LogP contribution is -2.11. The highest BCUT2D eigenvalue weighted by atomic mass is 32.2. The molecule has 0 amide bonds. The summed E-state index contributed by atoms with van der Waals surface area (Å²) in [6, 6.07) is 0. The van der Waals surface area contributed by atoms with E-state index in [1.54, 1.807) is 0 Å². The highest BCUT2D eigenvalue weighted by Gasteiger charge is 2.64. The second-order valence-electron chi connectivity index (χ2n) is 3.05. The smallest absolute Gasteiger partial charge is 0.0624 e. The van der Waals surface area contributed by atoms with Gasteiger partial charge >= 0.3 is 0 Å². The van der Waals surface area contributed by atoms with Crippen LogP contribution in [-0.4, -0.2) is 25.2 Å². The van der Waals surface area contributed by atoms with Crippen LogP contribution in [0.1, 0.15) is 12.8 Å². The summed E-state index contributed by atoms with van der Waals surface area (Å²) < 4.78 is 11.1. The van der Waals surface area contributed by atoms with Gasteiger partial charge in [0.15, 0.2) is 0 Å². The van der Waals surface area contributed by atoms with Gasteiger partial charge in [0.1, 0.15) is 0 Å². The van der Waals surface area contributed by atoms with Crippen molar-refractivity contribution in [3.63, 3.8) is 0 Å². The number of rotatable bonds is 0. The van der Waals surface area contributed by atoms with Crippen LogP contribution in [0.25, 0.3) is 0 Å². The molecule has 0 radical (unpaired) electrons. The Balaban J connectivity index is 1.93. The molecule has 5 atom stereocenters. The molecule has 0 aromatic heterocycles. The maximum absolute atomic E-state index is 11.1. The Morgan fingerprint density at radius 1 is 1.44 bits per heavy atom. The molecule has 9 heavy (non-hydrogen) atoms. The van der Waals surface area contributed by atoms with E-state index >= 15 is 0 Å². The third kappa shape index (κ3) is 0.552. The summed E-state index contributed by atoms with van der Waals surface area (Å²) in [5.41, 5.74) is 0. The van der Waals surface area contributed by atoms with E-state index in [4.69, 9.17) is 0 Å². The topological polar surface area (TPSA) is 17.1 Å². The van der Waals surface area contributed by atoms with E-state index in [2.05, 4.69) is 11.8 Å². The van der Waals surface area contributed by atoms with Gasteiger partial charge in [-0.3, -0.25) is 4.21 Å². The zero-order chi connectivity index (χ0) is 6.01. The minimum atomic E-state index is -0.383. The molecule has 5 unspecified atom stereocenters. The van der Waals surface area contributed by atoms with Crippen LogP contribution in [-0.2, 0) is 10.8 Å². The fourth-order valence-corrected chi connectivity index (χ4v) is 5.60. The Kier molecular flexibility index (Phi) is 0.806. The summed E-state index contributed by atoms with van der Waals surface area (Å²) in [7, 11) is -0.383. The second-order valence-corrected chi connectivity index (χ2v) is 6.28. The monoisotopic (exact) mass is 160 g/mol. The van der Waals surface area contributed by atoms with Crippen LogP contribution in [0.2, 0.25) is 0 Å². The van der Waals surface area contributed by atoms with E-state index in [1.165, 1.54) is 12.8 Å². The van der Waals surface area contributed by atoms with Gasteiger partial charge in [-0.25, -0.2) is 0 Å². The molecule has 3 fully saturated rings. The molecule has 0 aromatic carbocycles. The molecule has 1 aliphatic carbocycles. The molecule has 0 spiro atoms. The summed E-state index contributed by atoms with van der Waals surface area (Å²) in [6.45, 7) is 0. The molecular weight excluding hydrogens is 152 g/mol. The molecule has 2 heterocycles. The summed E-state index contributed by atoms with van der Waals surface area (Å²) in [5, 5.41) is 3.05. The largest absolute Gasteiger partial charge is 0.259 e. The molecule has 0 N–H and O–H groups in total. The predicted octanol–water partition coefficient (Wildman–Crippen LogP) is 0.764. The van der Waals surface area contributed by atoms with Gasteiger partial charge in [0.2, 0.25) is 0 Å². The van der Waals surface area contributed by atoms with Crippen molar-refractivity contribution in [1.29, 1.82) is 0 Å². The van der Waals surface area contributed by atoms with Gasteiger partial charge in [-0.2, -0.15) is 11.8 Å². The van der Waals surface area contributed by atoms with Gasteiger partial charge in [-0.15, -0.1) is 0 Å². The number of hydrogen-bond acceptors (Lipinski definition) is 2. The number of fused-ring (bicyclic) bond motifs is 3. The first-order valence-corrected chi connectivity index (χ1v) is 5.64. The van der Waals surface area contributed by atoms with Crippen LogP contribution in [0, 0.1) is 0 Å². The van der Waals surface area contributed by atoms with Crippen molar-refractivity contribution in [2.75, 3.05) is 0 Å². The SMILES string of the molecule is O=S1C2CCC3SC3C21. The first-order chi connectivity index (χ1) is 4.38. The Bertz CT molecular complexity index is 191. The lowest BCUT2D eigenvalue weighted by atomic mass is 10.0. The quantitative estimate of drug-likeness (QED) is 0.487. The van der Waals surface area contributed by atoms with Gasteiger partial charge in [0.25, 0.3) is 0 Å². The van der Waals surface area contributed by atoms with Crippen molar-refractivity contribution < 1.29 is 4.21 Å². The third-order valence-corrected chi connectivity index (χ3v) is 6.18. The normalized spacial score (nSPS) is 68.2. The lowest BCUT2D eigenvalue weighted by Gasteiger charge is -1.99. The average molecular weight is 160 g/mol. The first-order valence-electron chi connectivity index (χ1n) is 3.43. The summed E-state index contributed by atoms with van der Waals surface area (Å²) in [4.78, 5) is 0. The van der Waals surface area contributed by atoms with Crippen molar-refractivity contribution in [2.24, 2.45) is 0 Å². The van der Waals surface area contributed by atoms with E-state index in [1.807, 2.05) is 0 Å². The van der Waals surface area contributed by atoms with Crippen molar-refractivity contribution in [1.82, 2.24) is 0 Å². The molecule has 3 aliphatic rings. The van der Waals surface area contributed by atoms with Gasteiger partial charge < -0.3 is 0 Å². The Labute approximate surface area is 61.0 Å². The van der Waals surface area contributed by atoms with E-state index in [-0.39, 0.29) is 10.8 Å². The highest BCUT2D eigenvalue weighted by molar-refractivity contribution is 8.09. The molecule has 0 aromatic rings. The van der Waals surface area contributed by atoms with Gasteiger partial charge in [-0.1, -0.05) is 0 Å². The lowest BCUT2D eigenvalue weighted by molar-refractivity contribution is 0.645. The minimum absolute atomic E-state index is 0.383. The number of hydrogen-bond donors (Lipinski definition) is 0. The van der Waals surface area contributed by atoms with Crippen molar-refractivity contribution >= 4 is 22.6 Å². The van der Waals surface area contributed by atoms with Gasteiger partial charge in [0.05, 0.1) is 10.5 Å². The summed E-state index contributed by atoms with van der Waals surface area (Å²) >= 11 is 2.06. The van der Waals surface area contributed by atoms with Crippen molar-refractivity contribution in [2.45, 2.75) is 33.8 Å². The molecule has 2 saturated heterocycles. The molecule has 2 aliphatic heterocycles. The maximum atomic E-state index is 11.1. The van der Waals surface area contributed by atoms with Crippen LogP contribution in [0.15, 0.2) is 0 Å². The fourth-order valence-electron chi connectivity index (χ4n) is 1.88. The number of thioether (sulfide) groups is 1. The van der Waals surface area contributed by atoms with Crippen LogP contribution in [0.5, 0.6) is 0 Å². The third-order valence-electron chi connectivity index (χ3n) is 2.54. The van der Waals surface area contributed by atoms with Crippen LogP contribution >= 0.6 is 11.8 Å². The second kappa shape index (κ2) is 1.40. The van der Waals surface area contributed by atoms with Crippen LogP contribution in [0.4, 0.5) is 0 Å². The Hall–Kier alpha value is 0.500. The van der Waals surface area contributed by atoms with Gasteiger partial charge in [0, 0.05) is 21.3 Å². The summed E-state index contributed by atoms with van der Waals surface area (Å²) in [5.74, 6) is 0. The van der Waals surface area contributed by atoms with Gasteiger partial charge in [-0.05, 0) is 12.8 Å². The van der Waals surface area contributed by atoms with Crippen molar-refractivity contribution in [3.05, 3.63) is 0 Å². The zero-order valence-electron chi connectivity index (χ0n) is 4.95. The highest BCUT2D eigenvalue weighted by Crippen LogP contribution is 2.59. The summed E-state index contributed by atoms with van der Waals surface area (Å²) in [6.07, 6.45) is 2.60. The van der Waals surface area contributed by atoms with Crippen LogP contribution < -0.4 is 0 Å². The molecule has 1 saturated carbocycles. The molecule has 3 heteroatoms. The van der Waals surface area contributed by atoms with E-state index in [0.29, 0.717) is 10.5 Å². The fraction of sp³-hybridized carbons (Fsp3) is 1.00. The minimum Gasteiger partial charge on any atom is -0.259 e. The first kappa shape index (κ1) is 5.19. The van der Waals surface area contributed by atoms with E-state index in [0.717, 1.165) is 10.5 Å². The maximum Gasteiger partial charge on any atom is 0.0624 e. The zero-order valence-corrected chi connectivity index (χ0v) is 6.58. The predicted molar refractivity (Wildman–Crippen MR) is 40.1 cm³/mol. The van der Waals surface area contributed by atoms with Crippen molar-refractivity contribution in [3.8, 4) is 0 Å². The van der Waals surface area contributed by atoms with E-state index in [9.17, 15) is 4.21 Å².